The van der Waals surface area contributed by atoms with Crippen LogP contribution in [-0.2, 0) is 14.8 Å². The summed E-state index contributed by atoms with van der Waals surface area (Å²) in [5.41, 5.74) is 0. The Morgan fingerprint density at radius 2 is 1.76 bits per heavy atom. The zero-order chi connectivity index (χ0) is 18.4. The van der Waals surface area contributed by atoms with Crippen molar-refractivity contribution in [2.75, 3.05) is 20.2 Å². The van der Waals surface area contributed by atoms with E-state index in [-0.39, 0.29) is 22.8 Å². The summed E-state index contributed by atoms with van der Waals surface area (Å²) in [6.45, 7) is 5.26. The number of hydrogen-bond acceptors (Lipinski definition) is 4. The summed E-state index contributed by atoms with van der Waals surface area (Å²) in [6.07, 6.45) is 2.97. The zero-order valence-corrected chi connectivity index (χ0v) is 16.0. The van der Waals surface area contributed by atoms with Gasteiger partial charge in [-0.2, -0.15) is 0 Å². The third kappa shape index (κ3) is 4.95. The first-order chi connectivity index (χ1) is 11.9. The molecule has 0 spiro atoms. The van der Waals surface area contributed by atoms with Crippen LogP contribution < -0.4 is 9.46 Å². The third-order valence-electron chi connectivity index (χ3n) is 4.83. The van der Waals surface area contributed by atoms with Crippen LogP contribution in [0.5, 0.6) is 5.75 Å². The molecular weight excluding hydrogens is 340 g/mol. The van der Waals surface area contributed by atoms with E-state index in [1.807, 2.05) is 18.7 Å². The predicted octanol–water partition coefficient (Wildman–Crippen LogP) is 2.40. The number of piperidine rings is 1. The van der Waals surface area contributed by atoms with Gasteiger partial charge in [0.1, 0.15) is 5.75 Å². The quantitative estimate of drug-likeness (QED) is 0.802. The van der Waals surface area contributed by atoms with E-state index in [4.69, 9.17) is 4.74 Å². The van der Waals surface area contributed by atoms with Gasteiger partial charge in [-0.15, -0.1) is 0 Å². The Hall–Kier alpha value is -1.60. The van der Waals surface area contributed by atoms with Gasteiger partial charge >= 0.3 is 0 Å². The summed E-state index contributed by atoms with van der Waals surface area (Å²) in [5.74, 6) is 0.890. The average Bonchev–Trinajstić information content (AvgIpc) is 2.63. The minimum Gasteiger partial charge on any atom is -0.497 e. The van der Waals surface area contributed by atoms with Crippen LogP contribution in [0.15, 0.2) is 29.2 Å². The number of ether oxygens (including phenoxy) is 1. The Labute approximate surface area is 150 Å². The fourth-order valence-electron chi connectivity index (χ4n) is 3.16. The number of carbonyl (C=O) groups excluding carboxylic acids is 1. The van der Waals surface area contributed by atoms with Gasteiger partial charge in [0.2, 0.25) is 15.9 Å². The molecule has 6 nitrogen and oxygen atoms in total. The molecule has 0 unspecified atom stereocenters. The lowest BCUT2D eigenvalue weighted by atomic mass is 9.99. The smallest absolute Gasteiger partial charge is 0.240 e. The van der Waals surface area contributed by atoms with Crippen LogP contribution in [-0.4, -0.2) is 45.5 Å². The maximum Gasteiger partial charge on any atom is 0.240 e. The lowest BCUT2D eigenvalue weighted by Crippen LogP contribution is -2.47. The average molecular weight is 368 g/mol. The van der Waals surface area contributed by atoms with E-state index in [1.165, 1.54) is 12.1 Å². The first kappa shape index (κ1) is 19.7. The first-order valence-corrected chi connectivity index (χ1v) is 10.3. The number of likely N-dealkylation sites (tertiary alicyclic amines) is 1. The molecule has 0 bridgehead atoms. The van der Waals surface area contributed by atoms with E-state index < -0.39 is 10.0 Å². The SMILES string of the molecule is CCC(CC)C(=O)N1CCC(NS(=O)(=O)c2ccc(OC)cc2)CC1. The number of methoxy groups -OCH3 is 1. The fraction of sp³-hybridized carbons (Fsp3) is 0.611. The summed E-state index contributed by atoms with van der Waals surface area (Å²) in [5, 5.41) is 0. The molecule has 0 aliphatic carbocycles. The van der Waals surface area contributed by atoms with Crippen LogP contribution in [0.1, 0.15) is 39.5 Å². The second kappa shape index (κ2) is 8.67. The molecule has 1 saturated heterocycles. The Morgan fingerprint density at radius 1 is 1.20 bits per heavy atom. The number of amides is 1. The molecule has 1 aliphatic heterocycles. The van der Waals surface area contributed by atoms with Gasteiger partial charge in [0.05, 0.1) is 12.0 Å². The summed E-state index contributed by atoms with van der Waals surface area (Å²) in [4.78, 5) is 14.5. The number of nitrogens with one attached hydrogen (secondary N) is 1. The number of benzene rings is 1. The van der Waals surface area contributed by atoms with Crippen LogP contribution >= 0.6 is 0 Å². The van der Waals surface area contributed by atoms with Crippen LogP contribution in [0.4, 0.5) is 0 Å². The van der Waals surface area contributed by atoms with Crippen LogP contribution in [0.3, 0.4) is 0 Å². The molecule has 1 heterocycles. The molecule has 1 aliphatic rings. The molecule has 1 N–H and O–H groups in total. The minimum absolute atomic E-state index is 0.0764. The van der Waals surface area contributed by atoms with Gasteiger partial charge in [0.15, 0.2) is 0 Å². The Kier molecular flexibility index (Phi) is 6.84. The van der Waals surface area contributed by atoms with Crippen molar-refractivity contribution in [3.05, 3.63) is 24.3 Å². The van der Waals surface area contributed by atoms with Crippen LogP contribution in [0.25, 0.3) is 0 Å². The lowest BCUT2D eigenvalue weighted by Gasteiger charge is -2.34. The molecule has 0 aromatic heterocycles. The Morgan fingerprint density at radius 3 is 2.24 bits per heavy atom. The highest BCUT2D eigenvalue weighted by molar-refractivity contribution is 7.89. The standard InChI is InChI=1S/C18H28N2O4S/c1-4-14(5-2)18(21)20-12-10-15(11-13-20)19-25(22,23)17-8-6-16(24-3)7-9-17/h6-9,14-15,19H,4-5,10-13H2,1-3H3. The highest BCUT2D eigenvalue weighted by Gasteiger charge is 2.28. The number of nitrogens with zero attached hydrogens (tertiary/aromatic N) is 1. The molecule has 1 aromatic rings. The number of hydrogen-bond donors (Lipinski definition) is 1. The van der Waals surface area contributed by atoms with Crippen LogP contribution in [0.2, 0.25) is 0 Å². The van der Waals surface area contributed by atoms with E-state index in [2.05, 4.69) is 4.72 Å². The van der Waals surface area contributed by atoms with Crippen molar-refractivity contribution >= 4 is 15.9 Å². The number of rotatable bonds is 7. The van der Waals surface area contributed by atoms with Gasteiger partial charge in [-0.3, -0.25) is 4.79 Å². The summed E-state index contributed by atoms with van der Waals surface area (Å²) >= 11 is 0. The van der Waals surface area contributed by atoms with Crippen molar-refractivity contribution < 1.29 is 17.9 Å². The van der Waals surface area contributed by atoms with Crippen molar-refractivity contribution in [1.29, 1.82) is 0 Å². The molecule has 0 radical (unpaired) electrons. The molecule has 0 atom stereocenters. The molecule has 1 fully saturated rings. The Bertz CT molecular complexity index is 661. The zero-order valence-electron chi connectivity index (χ0n) is 15.2. The molecular formula is C18H28N2O4S. The molecule has 25 heavy (non-hydrogen) atoms. The predicted molar refractivity (Wildman–Crippen MR) is 97.0 cm³/mol. The Balaban J connectivity index is 1.93. The summed E-state index contributed by atoms with van der Waals surface area (Å²) in [7, 11) is -2.02. The maximum absolute atomic E-state index is 12.5. The van der Waals surface area contributed by atoms with Crippen LogP contribution in [0, 0.1) is 5.92 Å². The monoisotopic (exact) mass is 368 g/mol. The first-order valence-electron chi connectivity index (χ1n) is 8.86. The summed E-state index contributed by atoms with van der Waals surface area (Å²) < 4.78 is 32.8. The maximum atomic E-state index is 12.5. The topological polar surface area (TPSA) is 75.7 Å². The second-order valence-corrected chi connectivity index (χ2v) is 8.12. The van der Waals surface area contributed by atoms with Crippen molar-refractivity contribution in [1.82, 2.24) is 9.62 Å². The number of carbonyl (C=O) groups is 1. The minimum atomic E-state index is -3.56. The van der Waals surface area contributed by atoms with Crippen molar-refractivity contribution in [2.45, 2.75) is 50.5 Å². The third-order valence-corrected chi connectivity index (χ3v) is 6.37. The van der Waals surface area contributed by atoms with Gasteiger partial charge in [-0.05, 0) is 49.9 Å². The summed E-state index contributed by atoms with van der Waals surface area (Å²) in [6, 6.07) is 6.19. The van der Waals surface area contributed by atoms with Crippen molar-refractivity contribution in [3.8, 4) is 5.75 Å². The van der Waals surface area contributed by atoms with E-state index in [9.17, 15) is 13.2 Å². The second-order valence-electron chi connectivity index (χ2n) is 6.41. The van der Waals surface area contributed by atoms with Crippen molar-refractivity contribution in [3.63, 3.8) is 0 Å². The fourth-order valence-corrected chi connectivity index (χ4v) is 4.46. The van der Waals surface area contributed by atoms with Gasteiger partial charge in [0.25, 0.3) is 0 Å². The van der Waals surface area contributed by atoms with Gasteiger partial charge in [0, 0.05) is 25.0 Å². The molecule has 2 rings (SSSR count). The normalized spacial score (nSPS) is 16.2. The lowest BCUT2D eigenvalue weighted by molar-refractivity contribution is -0.136. The highest BCUT2D eigenvalue weighted by atomic mass is 32.2. The van der Waals surface area contributed by atoms with Gasteiger partial charge in [-0.1, -0.05) is 13.8 Å². The molecule has 1 amide bonds. The van der Waals surface area contributed by atoms with Gasteiger partial charge in [-0.25, -0.2) is 13.1 Å². The largest absolute Gasteiger partial charge is 0.497 e. The molecule has 0 saturated carbocycles. The molecule has 1 aromatic carbocycles. The van der Waals surface area contributed by atoms with E-state index in [0.29, 0.717) is 31.7 Å². The molecule has 140 valence electrons. The molecule has 7 heteroatoms. The van der Waals surface area contributed by atoms with E-state index in [1.54, 1.807) is 19.2 Å². The number of sulfonamides is 1. The van der Waals surface area contributed by atoms with E-state index >= 15 is 0 Å². The van der Waals surface area contributed by atoms with Gasteiger partial charge < -0.3 is 9.64 Å². The van der Waals surface area contributed by atoms with E-state index in [0.717, 1.165) is 12.8 Å². The highest BCUT2D eigenvalue weighted by Crippen LogP contribution is 2.20. The van der Waals surface area contributed by atoms with Crippen molar-refractivity contribution in [2.24, 2.45) is 5.92 Å².